The van der Waals surface area contributed by atoms with Gasteiger partial charge in [0.05, 0.1) is 6.10 Å². The monoisotopic (exact) mass is 267 g/mol. The fourth-order valence-electron chi connectivity index (χ4n) is 2.68. The normalized spacial score (nSPS) is 17.6. The maximum atomic E-state index is 10.3. The highest BCUT2D eigenvalue weighted by Crippen LogP contribution is 2.41. The first-order valence-electron chi connectivity index (χ1n) is 7.36. The Morgan fingerprint density at radius 1 is 0.900 bits per heavy atom. The van der Waals surface area contributed by atoms with E-state index in [0.29, 0.717) is 12.6 Å². The van der Waals surface area contributed by atoms with Crippen molar-refractivity contribution < 1.29 is 5.11 Å². The average Bonchev–Trinajstić information content (AvgIpc) is 3.34. The summed E-state index contributed by atoms with van der Waals surface area (Å²) in [4.78, 5) is 0. The minimum atomic E-state index is -0.443. The van der Waals surface area contributed by atoms with E-state index in [9.17, 15) is 5.11 Å². The van der Waals surface area contributed by atoms with E-state index in [1.165, 1.54) is 18.4 Å². The molecule has 2 heteroatoms. The van der Waals surface area contributed by atoms with Gasteiger partial charge in [-0.3, -0.25) is 0 Å². The number of aliphatic hydroxyl groups excluding tert-OH is 1. The van der Waals surface area contributed by atoms with Crippen molar-refractivity contribution in [2.75, 3.05) is 6.54 Å². The van der Waals surface area contributed by atoms with E-state index in [1.54, 1.807) is 0 Å². The first-order chi connectivity index (χ1) is 9.84. The smallest absolute Gasteiger partial charge is 0.0914 e. The molecule has 0 aliphatic heterocycles. The van der Waals surface area contributed by atoms with Gasteiger partial charge in [0.2, 0.25) is 0 Å². The summed E-state index contributed by atoms with van der Waals surface area (Å²) in [6, 6.07) is 20.8. The van der Waals surface area contributed by atoms with Crippen molar-refractivity contribution >= 4 is 0 Å². The molecule has 0 aromatic heterocycles. The third kappa shape index (κ3) is 3.27. The first kappa shape index (κ1) is 13.3. The van der Waals surface area contributed by atoms with Crippen LogP contribution in [0.2, 0.25) is 0 Å². The van der Waals surface area contributed by atoms with Crippen LogP contribution >= 0.6 is 0 Å². The third-order valence-corrected chi connectivity index (χ3v) is 3.97. The number of aliphatic hydroxyl groups is 1. The van der Waals surface area contributed by atoms with Crippen molar-refractivity contribution in [1.29, 1.82) is 0 Å². The van der Waals surface area contributed by atoms with Gasteiger partial charge in [0.15, 0.2) is 0 Å². The van der Waals surface area contributed by atoms with Gasteiger partial charge in [0.1, 0.15) is 0 Å². The van der Waals surface area contributed by atoms with Gasteiger partial charge < -0.3 is 10.4 Å². The fraction of sp³-hybridized carbons (Fsp3) is 0.333. The van der Waals surface area contributed by atoms with Crippen LogP contribution in [0, 0.1) is 5.92 Å². The highest BCUT2D eigenvalue weighted by molar-refractivity contribution is 5.22. The Labute approximate surface area is 120 Å². The van der Waals surface area contributed by atoms with Gasteiger partial charge in [0, 0.05) is 12.6 Å². The molecule has 0 radical (unpaired) electrons. The molecule has 0 amide bonds. The zero-order valence-electron chi connectivity index (χ0n) is 11.6. The van der Waals surface area contributed by atoms with E-state index in [0.717, 1.165) is 11.5 Å². The number of hydrogen-bond acceptors (Lipinski definition) is 2. The summed E-state index contributed by atoms with van der Waals surface area (Å²) in [6.45, 7) is 0.597. The van der Waals surface area contributed by atoms with E-state index in [-0.39, 0.29) is 0 Å². The van der Waals surface area contributed by atoms with E-state index < -0.39 is 6.10 Å². The van der Waals surface area contributed by atoms with Crippen LogP contribution in [0.1, 0.15) is 36.1 Å². The van der Waals surface area contributed by atoms with Crippen LogP contribution in [0.5, 0.6) is 0 Å². The number of rotatable bonds is 6. The minimum Gasteiger partial charge on any atom is -0.387 e. The number of nitrogens with one attached hydrogen (secondary N) is 1. The van der Waals surface area contributed by atoms with Crippen molar-refractivity contribution in [1.82, 2.24) is 5.32 Å². The van der Waals surface area contributed by atoms with E-state index >= 15 is 0 Å². The van der Waals surface area contributed by atoms with Crippen LogP contribution in [0.25, 0.3) is 0 Å². The predicted molar refractivity (Wildman–Crippen MR) is 81.3 cm³/mol. The molecular formula is C18H21NO. The Balaban J connectivity index is 1.63. The number of benzene rings is 2. The summed E-state index contributed by atoms with van der Waals surface area (Å²) in [7, 11) is 0. The third-order valence-electron chi connectivity index (χ3n) is 3.97. The second-order valence-electron chi connectivity index (χ2n) is 5.56. The van der Waals surface area contributed by atoms with Crippen molar-refractivity contribution in [3.63, 3.8) is 0 Å². The van der Waals surface area contributed by atoms with Crippen LogP contribution in [0.3, 0.4) is 0 Å². The van der Waals surface area contributed by atoms with Crippen LogP contribution in [0.15, 0.2) is 60.7 Å². The minimum absolute atomic E-state index is 0.370. The lowest BCUT2D eigenvalue weighted by Crippen LogP contribution is -2.27. The molecule has 2 N–H and O–H groups in total. The zero-order chi connectivity index (χ0) is 13.8. The molecule has 1 aliphatic carbocycles. The molecule has 20 heavy (non-hydrogen) atoms. The van der Waals surface area contributed by atoms with Crippen LogP contribution in [-0.2, 0) is 0 Å². The van der Waals surface area contributed by atoms with Gasteiger partial charge in [0.25, 0.3) is 0 Å². The Morgan fingerprint density at radius 2 is 1.45 bits per heavy atom. The van der Waals surface area contributed by atoms with E-state index in [1.807, 2.05) is 36.4 Å². The zero-order valence-corrected chi connectivity index (χ0v) is 11.6. The van der Waals surface area contributed by atoms with Gasteiger partial charge in [-0.25, -0.2) is 0 Å². The Kier molecular flexibility index (Phi) is 4.14. The van der Waals surface area contributed by atoms with Crippen LogP contribution < -0.4 is 5.32 Å². The molecule has 0 spiro atoms. The standard InChI is InChI=1S/C18H21NO/c20-17(14-7-3-1-4-8-14)13-19-18(16-11-12-16)15-9-5-2-6-10-15/h1-10,16-20H,11-13H2. The average molecular weight is 267 g/mol. The Morgan fingerprint density at radius 3 is 2.00 bits per heavy atom. The molecule has 3 rings (SSSR count). The molecule has 104 valence electrons. The fourth-order valence-corrected chi connectivity index (χ4v) is 2.68. The highest BCUT2D eigenvalue weighted by Gasteiger charge is 2.32. The van der Waals surface area contributed by atoms with Crippen LogP contribution in [-0.4, -0.2) is 11.7 Å². The van der Waals surface area contributed by atoms with Crippen molar-refractivity contribution in [3.05, 3.63) is 71.8 Å². The maximum Gasteiger partial charge on any atom is 0.0914 e. The lowest BCUT2D eigenvalue weighted by Gasteiger charge is -2.21. The largest absolute Gasteiger partial charge is 0.387 e. The molecule has 2 aromatic rings. The lowest BCUT2D eigenvalue weighted by atomic mass is 10.0. The van der Waals surface area contributed by atoms with Gasteiger partial charge in [-0.2, -0.15) is 0 Å². The Bertz CT molecular complexity index is 522. The summed E-state index contributed by atoms with van der Waals surface area (Å²) < 4.78 is 0. The summed E-state index contributed by atoms with van der Waals surface area (Å²) >= 11 is 0. The van der Waals surface area contributed by atoms with E-state index in [4.69, 9.17) is 0 Å². The molecule has 1 fully saturated rings. The molecule has 2 atom stereocenters. The Hall–Kier alpha value is -1.64. The molecule has 2 unspecified atom stereocenters. The van der Waals surface area contributed by atoms with Crippen molar-refractivity contribution in [3.8, 4) is 0 Å². The topological polar surface area (TPSA) is 32.3 Å². The van der Waals surface area contributed by atoms with Crippen molar-refractivity contribution in [2.24, 2.45) is 5.92 Å². The molecule has 0 saturated heterocycles. The SMILES string of the molecule is OC(CNC(c1ccccc1)C1CC1)c1ccccc1. The molecule has 0 heterocycles. The summed E-state index contributed by atoms with van der Waals surface area (Å²) in [6.07, 6.45) is 2.13. The predicted octanol–water partition coefficient (Wildman–Crippen LogP) is 3.46. The summed E-state index contributed by atoms with van der Waals surface area (Å²) in [5.41, 5.74) is 2.30. The first-order valence-corrected chi connectivity index (χ1v) is 7.36. The molecular weight excluding hydrogens is 246 g/mol. The molecule has 2 aromatic carbocycles. The highest BCUT2D eigenvalue weighted by atomic mass is 16.3. The quantitative estimate of drug-likeness (QED) is 0.840. The van der Waals surface area contributed by atoms with Crippen LogP contribution in [0.4, 0.5) is 0 Å². The maximum absolute atomic E-state index is 10.3. The second-order valence-corrected chi connectivity index (χ2v) is 5.56. The molecule has 1 saturated carbocycles. The lowest BCUT2D eigenvalue weighted by molar-refractivity contribution is 0.168. The molecule has 0 bridgehead atoms. The van der Waals surface area contributed by atoms with Crippen molar-refractivity contribution in [2.45, 2.75) is 25.0 Å². The summed E-state index contributed by atoms with van der Waals surface area (Å²) in [5, 5.41) is 13.8. The summed E-state index contributed by atoms with van der Waals surface area (Å²) in [5.74, 6) is 0.723. The van der Waals surface area contributed by atoms with Gasteiger partial charge in [-0.15, -0.1) is 0 Å². The van der Waals surface area contributed by atoms with Gasteiger partial charge in [-0.1, -0.05) is 60.7 Å². The van der Waals surface area contributed by atoms with Gasteiger partial charge in [-0.05, 0) is 29.9 Å². The molecule has 1 aliphatic rings. The second kappa shape index (κ2) is 6.21. The van der Waals surface area contributed by atoms with E-state index in [2.05, 4.69) is 29.6 Å². The molecule has 2 nitrogen and oxygen atoms in total. The number of hydrogen-bond donors (Lipinski definition) is 2. The van der Waals surface area contributed by atoms with Gasteiger partial charge >= 0.3 is 0 Å².